The van der Waals surface area contributed by atoms with Crippen molar-refractivity contribution in [1.29, 1.82) is 0 Å². The predicted octanol–water partition coefficient (Wildman–Crippen LogP) is 6.37. The van der Waals surface area contributed by atoms with E-state index >= 15 is 0 Å². The summed E-state index contributed by atoms with van der Waals surface area (Å²) in [7, 11) is 0. The molecule has 0 bridgehead atoms. The van der Waals surface area contributed by atoms with Gasteiger partial charge in [-0.15, -0.1) is 0 Å². The van der Waals surface area contributed by atoms with Crippen molar-refractivity contribution in [2.75, 3.05) is 11.5 Å². The van der Waals surface area contributed by atoms with Crippen molar-refractivity contribution >= 4 is 64.8 Å². The smallest absolute Gasteiger partial charge is 0.0320 e. The number of anilines is 2. The van der Waals surface area contributed by atoms with Crippen LogP contribution >= 0.6 is 31.9 Å². The average molecular weight is 444 g/mol. The lowest BCUT2D eigenvalue weighted by Crippen LogP contribution is -1.83. The van der Waals surface area contributed by atoms with Crippen LogP contribution in [0.15, 0.2) is 81.7 Å². The molecule has 4 heteroatoms. The maximum Gasteiger partial charge on any atom is 0.0320 e. The SMILES string of the molecule is Nc1ccc2c(Br)cccc2c1.Nc1ccc2cccc(Br)c2c1. The molecule has 24 heavy (non-hydrogen) atoms. The average Bonchev–Trinajstić information content (AvgIpc) is 2.56. The van der Waals surface area contributed by atoms with E-state index in [9.17, 15) is 0 Å². The number of hydrogen-bond donors (Lipinski definition) is 2. The van der Waals surface area contributed by atoms with E-state index in [0.29, 0.717) is 0 Å². The van der Waals surface area contributed by atoms with Gasteiger partial charge >= 0.3 is 0 Å². The van der Waals surface area contributed by atoms with Crippen LogP contribution in [0.3, 0.4) is 0 Å². The van der Waals surface area contributed by atoms with Gasteiger partial charge in [-0.25, -0.2) is 0 Å². The molecule has 0 aliphatic carbocycles. The summed E-state index contributed by atoms with van der Waals surface area (Å²) in [6.45, 7) is 0. The summed E-state index contributed by atoms with van der Waals surface area (Å²) >= 11 is 6.96. The Balaban J connectivity index is 0.000000141. The quantitative estimate of drug-likeness (QED) is 0.310. The fourth-order valence-electron chi connectivity index (χ4n) is 2.51. The van der Waals surface area contributed by atoms with Gasteiger partial charge < -0.3 is 11.5 Å². The summed E-state index contributed by atoms with van der Waals surface area (Å²) in [5.41, 5.74) is 12.9. The van der Waals surface area contributed by atoms with Gasteiger partial charge in [0.15, 0.2) is 0 Å². The third-order valence-corrected chi connectivity index (χ3v) is 5.09. The number of halogens is 2. The monoisotopic (exact) mass is 442 g/mol. The molecule has 0 spiro atoms. The number of rotatable bonds is 0. The Morgan fingerprint density at radius 3 is 1.88 bits per heavy atom. The van der Waals surface area contributed by atoms with E-state index in [1.165, 1.54) is 16.2 Å². The standard InChI is InChI=1S/2C10H8BrN/c11-10-3-1-2-7-6-8(12)4-5-9(7)10;11-10-3-1-2-7-4-5-8(12)6-9(7)10/h2*1-6H,12H2. The highest BCUT2D eigenvalue weighted by Crippen LogP contribution is 2.26. The number of fused-ring (bicyclic) bond motifs is 2. The zero-order valence-corrected chi connectivity index (χ0v) is 16.0. The fourth-order valence-corrected chi connectivity index (χ4v) is 3.52. The van der Waals surface area contributed by atoms with E-state index in [1.807, 2.05) is 60.7 Å². The summed E-state index contributed by atoms with van der Waals surface area (Å²) in [4.78, 5) is 0. The van der Waals surface area contributed by atoms with Crippen molar-refractivity contribution in [1.82, 2.24) is 0 Å². The van der Waals surface area contributed by atoms with Crippen molar-refractivity contribution in [2.45, 2.75) is 0 Å². The van der Waals surface area contributed by atoms with Gasteiger partial charge in [0.1, 0.15) is 0 Å². The molecule has 4 aromatic carbocycles. The number of hydrogen-bond acceptors (Lipinski definition) is 2. The van der Waals surface area contributed by atoms with Crippen LogP contribution in [0.25, 0.3) is 21.5 Å². The summed E-state index contributed by atoms with van der Waals surface area (Å²) in [6, 6.07) is 24.0. The number of benzene rings is 4. The van der Waals surface area contributed by atoms with Crippen molar-refractivity contribution in [3.63, 3.8) is 0 Å². The lowest BCUT2D eigenvalue weighted by molar-refractivity contribution is 1.69. The molecular formula is C20H16Br2N2. The molecule has 4 N–H and O–H groups in total. The van der Waals surface area contributed by atoms with E-state index in [0.717, 1.165) is 25.7 Å². The van der Waals surface area contributed by atoms with Crippen molar-refractivity contribution in [3.05, 3.63) is 81.7 Å². The van der Waals surface area contributed by atoms with Crippen molar-refractivity contribution in [3.8, 4) is 0 Å². The first-order valence-corrected chi connectivity index (χ1v) is 9.01. The second-order valence-corrected chi connectivity index (χ2v) is 7.15. The van der Waals surface area contributed by atoms with E-state index in [-0.39, 0.29) is 0 Å². The largest absolute Gasteiger partial charge is 0.399 e. The van der Waals surface area contributed by atoms with E-state index < -0.39 is 0 Å². The molecule has 0 amide bonds. The highest BCUT2D eigenvalue weighted by molar-refractivity contribution is 9.11. The maximum absolute atomic E-state index is 5.67. The van der Waals surface area contributed by atoms with Crippen LogP contribution < -0.4 is 11.5 Å². The molecule has 4 rings (SSSR count). The van der Waals surface area contributed by atoms with Gasteiger partial charge in [-0.3, -0.25) is 0 Å². The molecule has 0 aliphatic heterocycles. The minimum atomic E-state index is 0.800. The van der Waals surface area contributed by atoms with Crippen LogP contribution in [0.2, 0.25) is 0 Å². The second kappa shape index (κ2) is 7.24. The Hall–Kier alpha value is -2.04. The Bertz CT molecular complexity index is 1010. The molecule has 0 aromatic heterocycles. The third-order valence-electron chi connectivity index (χ3n) is 3.70. The van der Waals surface area contributed by atoms with Crippen LogP contribution in [-0.4, -0.2) is 0 Å². The molecule has 0 fully saturated rings. The lowest BCUT2D eigenvalue weighted by atomic mass is 10.1. The number of nitrogen functional groups attached to an aromatic ring is 2. The molecule has 4 aromatic rings. The van der Waals surface area contributed by atoms with E-state index in [2.05, 4.69) is 44.0 Å². The highest BCUT2D eigenvalue weighted by atomic mass is 79.9. The van der Waals surface area contributed by atoms with Gasteiger partial charge in [0, 0.05) is 20.3 Å². The van der Waals surface area contributed by atoms with Crippen molar-refractivity contribution in [2.24, 2.45) is 0 Å². The fraction of sp³-hybridized carbons (Fsp3) is 0. The van der Waals surface area contributed by atoms with Gasteiger partial charge in [-0.1, -0.05) is 68.3 Å². The Morgan fingerprint density at radius 1 is 0.542 bits per heavy atom. The summed E-state index contributed by atoms with van der Waals surface area (Å²) in [5, 5.41) is 4.74. The first-order chi connectivity index (χ1) is 11.5. The molecule has 0 saturated heterocycles. The normalized spacial score (nSPS) is 10.4. The molecule has 0 unspecified atom stereocenters. The summed E-state index contributed by atoms with van der Waals surface area (Å²) < 4.78 is 2.20. The Labute approximate surface area is 157 Å². The van der Waals surface area contributed by atoms with Crippen molar-refractivity contribution < 1.29 is 0 Å². The van der Waals surface area contributed by atoms with Gasteiger partial charge in [-0.05, 0) is 57.9 Å². The predicted molar refractivity (Wildman–Crippen MR) is 112 cm³/mol. The van der Waals surface area contributed by atoms with Gasteiger partial charge in [-0.2, -0.15) is 0 Å². The molecule has 0 saturated carbocycles. The van der Waals surface area contributed by atoms with Crippen LogP contribution in [0.1, 0.15) is 0 Å². The molecule has 0 aliphatic rings. The Kier molecular flexibility index (Phi) is 5.07. The van der Waals surface area contributed by atoms with Crippen LogP contribution in [-0.2, 0) is 0 Å². The molecule has 0 radical (unpaired) electrons. The Morgan fingerprint density at radius 2 is 1.12 bits per heavy atom. The van der Waals surface area contributed by atoms with Gasteiger partial charge in [0.25, 0.3) is 0 Å². The van der Waals surface area contributed by atoms with Gasteiger partial charge in [0.2, 0.25) is 0 Å². The first-order valence-electron chi connectivity index (χ1n) is 7.42. The zero-order chi connectivity index (χ0) is 17.1. The van der Waals surface area contributed by atoms with Crippen LogP contribution in [0.4, 0.5) is 11.4 Å². The first kappa shape index (κ1) is 16.8. The van der Waals surface area contributed by atoms with Gasteiger partial charge in [0.05, 0.1) is 0 Å². The maximum atomic E-state index is 5.67. The third kappa shape index (κ3) is 3.71. The molecule has 2 nitrogen and oxygen atoms in total. The molecular weight excluding hydrogens is 428 g/mol. The summed E-state index contributed by atoms with van der Waals surface area (Å²) in [5.74, 6) is 0. The second-order valence-electron chi connectivity index (χ2n) is 5.44. The highest BCUT2D eigenvalue weighted by Gasteiger charge is 1.97. The van der Waals surface area contributed by atoms with E-state index in [4.69, 9.17) is 11.5 Å². The topological polar surface area (TPSA) is 52.0 Å². The lowest BCUT2D eigenvalue weighted by Gasteiger charge is -2.00. The summed E-state index contributed by atoms with van der Waals surface area (Å²) in [6.07, 6.45) is 0. The number of nitrogens with two attached hydrogens (primary N) is 2. The minimum absolute atomic E-state index is 0.800. The minimum Gasteiger partial charge on any atom is -0.399 e. The van der Waals surface area contributed by atoms with Crippen LogP contribution in [0.5, 0.6) is 0 Å². The van der Waals surface area contributed by atoms with Crippen LogP contribution in [0, 0.1) is 0 Å². The molecule has 120 valence electrons. The molecule has 0 atom stereocenters. The zero-order valence-electron chi connectivity index (χ0n) is 12.8. The van der Waals surface area contributed by atoms with E-state index in [1.54, 1.807) is 0 Å². The molecule has 0 heterocycles.